The van der Waals surface area contributed by atoms with E-state index in [0.29, 0.717) is 6.10 Å². The van der Waals surface area contributed by atoms with Crippen molar-refractivity contribution in [1.82, 2.24) is 0 Å². The summed E-state index contributed by atoms with van der Waals surface area (Å²) in [7, 11) is 0. The van der Waals surface area contributed by atoms with Crippen LogP contribution < -0.4 is 4.74 Å². The van der Waals surface area contributed by atoms with Gasteiger partial charge >= 0.3 is 0 Å². The maximum absolute atomic E-state index is 6.31. The summed E-state index contributed by atoms with van der Waals surface area (Å²) in [4.78, 5) is 0. The van der Waals surface area contributed by atoms with Crippen molar-refractivity contribution in [3.8, 4) is 5.75 Å². The monoisotopic (exact) mass is 254 g/mol. The van der Waals surface area contributed by atoms with Gasteiger partial charge in [-0.15, -0.1) is 0 Å². The SMILES string of the molecule is CC1CC(C)CC(Oc2cccc3ccccc23)C1. The van der Waals surface area contributed by atoms with Gasteiger partial charge in [0.05, 0.1) is 6.10 Å². The second-order valence-electron chi connectivity index (χ2n) is 6.13. The average molecular weight is 254 g/mol. The van der Waals surface area contributed by atoms with Crippen molar-refractivity contribution in [2.45, 2.75) is 39.2 Å². The summed E-state index contributed by atoms with van der Waals surface area (Å²) in [5.74, 6) is 2.61. The third kappa shape index (κ3) is 2.75. The van der Waals surface area contributed by atoms with Gasteiger partial charge in [-0.25, -0.2) is 0 Å². The van der Waals surface area contributed by atoms with Gasteiger partial charge in [-0.3, -0.25) is 0 Å². The number of hydrogen-bond acceptors (Lipinski definition) is 1. The molecule has 2 atom stereocenters. The van der Waals surface area contributed by atoms with Gasteiger partial charge < -0.3 is 4.74 Å². The van der Waals surface area contributed by atoms with Crippen molar-refractivity contribution in [2.75, 3.05) is 0 Å². The highest BCUT2D eigenvalue weighted by Crippen LogP contribution is 2.33. The standard InChI is InChI=1S/C18H22O/c1-13-10-14(2)12-16(11-13)19-18-9-5-7-15-6-3-4-8-17(15)18/h3-9,13-14,16H,10-12H2,1-2H3. The summed E-state index contributed by atoms with van der Waals surface area (Å²) in [5.41, 5.74) is 0. The molecule has 1 saturated carbocycles. The Morgan fingerprint density at radius 3 is 2.32 bits per heavy atom. The third-order valence-electron chi connectivity index (χ3n) is 4.18. The van der Waals surface area contributed by atoms with Crippen LogP contribution in [0.1, 0.15) is 33.1 Å². The van der Waals surface area contributed by atoms with Crippen LogP contribution in [0.3, 0.4) is 0 Å². The van der Waals surface area contributed by atoms with Crippen molar-refractivity contribution >= 4 is 10.8 Å². The predicted octanol–water partition coefficient (Wildman–Crippen LogP) is 5.04. The van der Waals surface area contributed by atoms with Gasteiger partial charge in [0, 0.05) is 5.39 Å². The Labute approximate surface area is 115 Å². The first-order valence-corrected chi connectivity index (χ1v) is 7.37. The molecule has 1 nitrogen and oxygen atoms in total. The Morgan fingerprint density at radius 1 is 0.842 bits per heavy atom. The van der Waals surface area contributed by atoms with E-state index in [1.54, 1.807) is 0 Å². The molecule has 0 aromatic heterocycles. The number of ether oxygens (including phenoxy) is 1. The molecular formula is C18H22O. The second-order valence-corrected chi connectivity index (χ2v) is 6.13. The molecule has 2 aromatic rings. The topological polar surface area (TPSA) is 9.23 Å². The van der Waals surface area contributed by atoms with Gasteiger partial charge in [0.25, 0.3) is 0 Å². The van der Waals surface area contributed by atoms with E-state index in [1.165, 1.54) is 30.0 Å². The zero-order valence-corrected chi connectivity index (χ0v) is 11.8. The van der Waals surface area contributed by atoms with E-state index in [2.05, 4.69) is 56.3 Å². The minimum atomic E-state index is 0.379. The predicted molar refractivity (Wildman–Crippen MR) is 80.5 cm³/mol. The zero-order valence-electron chi connectivity index (χ0n) is 11.8. The van der Waals surface area contributed by atoms with Crippen molar-refractivity contribution < 1.29 is 4.74 Å². The average Bonchev–Trinajstić information content (AvgIpc) is 2.38. The quantitative estimate of drug-likeness (QED) is 0.729. The third-order valence-corrected chi connectivity index (χ3v) is 4.18. The maximum atomic E-state index is 6.31. The molecule has 19 heavy (non-hydrogen) atoms. The Hall–Kier alpha value is -1.50. The molecule has 1 fully saturated rings. The van der Waals surface area contributed by atoms with Gasteiger partial charge in [-0.05, 0) is 42.6 Å². The molecule has 1 aliphatic rings. The largest absolute Gasteiger partial charge is 0.490 e. The van der Waals surface area contributed by atoms with E-state index in [4.69, 9.17) is 4.74 Å². The summed E-state index contributed by atoms with van der Waals surface area (Å²) in [6, 6.07) is 14.8. The molecule has 0 saturated heterocycles. The lowest BCUT2D eigenvalue weighted by molar-refractivity contribution is 0.102. The molecule has 0 aliphatic heterocycles. The van der Waals surface area contributed by atoms with Crippen molar-refractivity contribution in [3.05, 3.63) is 42.5 Å². The fraction of sp³-hybridized carbons (Fsp3) is 0.444. The Bertz CT molecular complexity index is 545. The highest BCUT2D eigenvalue weighted by atomic mass is 16.5. The summed E-state index contributed by atoms with van der Waals surface area (Å²) in [6.45, 7) is 4.68. The summed E-state index contributed by atoms with van der Waals surface area (Å²) >= 11 is 0. The number of rotatable bonds is 2. The molecule has 0 amide bonds. The first kappa shape index (κ1) is 12.5. The van der Waals surface area contributed by atoms with E-state index in [1.807, 2.05) is 0 Å². The van der Waals surface area contributed by atoms with Crippen molar-refractivity contribution in [3.63, 3.8) is 0 Å². The lowest BCUT2D eigenvalue weighted by Gasteiger charge is -2.32. The van der Waals surface area contributed by atoms with Crippen LogP contribution in [0.5, 0.6) is 5.75 Å². The van der Waals surface area contributed by atoms with Crippen LogP contribution in [0.25, 0.3) is 10.8 Å². The smallest absolute Gasteiger partial charge is 0.127 e. The number of hydrogen-bond donors (Lipinski definition) is 0. The van der Waals surface area contributed by atoms with Crippen LogP contribution in [-0.4, -0.2) is 6.10 Å². The number of benzene rings is 2. The fourth-order valence-electron chi connectivity index (χ4n) is 3.45. The molecule has 0 N–H and O–H groups in total. The van der Waals surface area contributed by atoms with Crippen LogP contribution in [0, 0.1) is 11.8 Å². The maximum Gasteiger partial charge on any atom is 0.127 e. The van der Waals surface area contributed by atoms with Gasteiger partial charge in [-0.2, -0.15) is 0 Å². The van der Waals surface area contributed by atoms with E-state index in [9.17, 15) is 0 Å². The molecular weight excluding hydrogens is 232 g/mol. The van der Waals surface area contributed by atoms with Gasteiger partial charge in [-0.1, -0.05) is 50.2 Å². The Kier molecular flexibility index (Phi) is 3.46. The molecule has 1 aliphatic carbocycles. The normalized spacial score (nSPS) is 27.4. The van der Waals surface area contributed by atoms with E-state index in [-0.39, 0.29) is 0 Å². The highest BCUT2D eigenvalue weighted by Gasteiger charge is 2.25. The van der Waals surface area contributed by atoms with Crippen molar-refractivity contribution in [1.29, 1.82) is 0 Å². The first-order valence-electron chi connectivity index (χ1n) is 7.37. The highest BCUT2D eigenvalue weighted by molar-refractivity contribution is 5.88. The first-order chi connectivity index (χ1) is 9.22. The summed E-state index contributed by atoms with van der Waals surface area (Å²) < 4.78 is 6.31. The van der Waals surface area contributed by atoms with E-state index in [0.717, 1.165) is 17.6 Å². The van der Waals surface area contributed by atoms with Crippen molar-refractivity contribution in [2.24, 2.45) is 11.8 Å². The van der Waals surface area contributed by atoms with Crippen LogP contribution in [0.4, 0.5) is 0 Å². The summed E-state index contributed by atoms with van der Waals surface area (Å²) in [5, 5.41) is 2.49. The lowest BCUT2D eigenvalue weighted by Crippen LogP contribution is -2.28. The Morgan fingerprint density at radius 2 is 1.53 bits per heavy atom. The van der Waals surface area contributed by atoms with Gasteiger partial charge in [0.2, 0.25) is 0 Å². The Balaban J connectivity index is 1.85. The van der Waals surface area contributed by atoms with E-state index >= 15 is 0 Å². The molecule has 1 heteroatoms. The zero-order chi connectivity index (χ0) is 13.2. The molecule has 0 bridgehead atoms. The minimum Gasteiger partial charge on any atom is -0.490 e. The van der Waals surface area contributed by atoms with Crippen LogP contribution >= 0.6 is 0 Å². The van der Waals surface area contributed by atoms with Crippen LogP contribution in [0.15, 0.2) is 42.5 Å². The molecule has 0 heterocycles. The molecule has 0 radical (unpaired) electrons. The van der Waals surface area contributed by atoms with Gasteiger partial charge in [0.15, 0.2) is 0 Å². The van der Waals surface area contributed by atoms with Gasteiger partial charge in [0.1, 0.15) is 5.75 Å². The second kappa shape index (κ2) is 5.24. The van der Waals surface area contributed by atoms with Crippen LogP contribution in [0.2, 0.25) is 0 Å². The minimum absolute atomic E-state index is 0.379. The number of fused-ring (bicyclic) bond motifs is 1. The fourth-order valence-corrected chi connectivity index (χ4v) is 3.45. The molecule has 0 spiro atoms. The molecule has 2 aromatic carbocycles. The summed E-state index contributed by atoms with van der Waals surface area (Å²) in [6.07, 6.45) is 4.10. The van der Waals surface area contributed by atoms with E-state index < -0.39 is 0 Å². The lowest BCUT2D eigenvalue weighted by atomic mass is 9.82. The molecule has 3 rings (SSSR count). The molecule has 100 valence electrons. The van der Waals surface area contributed by atoms with Crippen LogP contribution in [-0.2, 0) is 0 Å². The molecule has 2 unspecified atom stereocenters.